The number of benzene rings is 1. The summed E-state index contributed by atoms with van der Waals surface area (Å²) >= 11 is 0. The molecule has 0 saturated carbocycles. The highest BCUT2D eigenvalue weighted by molar-refractivity contribution is 5.74. The number of hydrogen-bond donors (Lipinski definition) is 2. The van der Waals surface area contributed by atoms with Crippen LogP contribution in [0, 0.1) is 0 Å². The number of carboxylic acids is 1. The average molecular weight is 318 g/mol. The van der Waals surface area contributed by atoms with Crippen LogP contribution in [0.15, 0.2) is 12.1 Å². The number of ether oxygens (including phenoxy) is 1. The number of carbonyl (C=O) groups is 1. The molecule has 0 aliphatic carbocycles. The van der Waals surface area contributed by atoms with Gasteiger partial charge in [-0.2, -0.15) is 26.3 Å². The van der Waals surface area contributed by atoms with E-state index in [9.17, 15) is 36.2 Å². The maximum absolute atomic E-state index is 12.8. The van der Waals surface area contributed by atoms with E-state index in [4.69, 9.17) is 5.11 Å². The molecule has 1 aromatic carbocycles. The van der Waals surface area contributed by atoms with Gasteiger partial charge in [-0.15, -0.1) is 0 Å². The summed E-state index contributed by atoms with van der Waals surface area (Å²) in [5.41, 5.74) is -5.09. The van der Waals surface area contributed by atoms with Crippen LogP contribution in [-0.2, 0) is 17.1 Å². The number of aliphatic carboxylic acids is 1. The fraction of sp³-hybridized carbons (Fsp3) is 0.364. The third kappa shape index (κ3) is 3.57. The second-order valence-corrected chi connectivity index (χ2v) is 3.88. The topological polar surface area (TPSA) is 66.8 Å². The third-order valence-corrected chi connectivity index (χ3v) is 2.48. The lowest BCUT2D eigenvalue weighted by Crippen LogP contribution is -2.20. The Kier molecular flexibility index (Phi) is 4.42. The molecule has 1 unspecified atom stereocenters. The van der Waals surface area contributed by atoms with Gasteiger partial charge in [0.15, 0.2) is 6.10 Å². The molecule has 0 aromatic heterocycles. The molecule has 10 heteroatoms. The Morgan fingerprint density at radius 2 is 1.67 bits per heavy atom. The highest BCUT2D eigenvalue weighted by Crippen LogP contribution is 2.46. The zero-order valence-electron chi connectivity index (χ0n) is 10.2. The number of aliphatic hydroxyl groups excluding tert-OH is 1. The fourth-order valence-corrected chi connectivity index (χ4v) is 1.61. The molecule has 0 aliphatic heterocycles. The van der Waals surface area contributed by atoms with Crippen molar-refractivity contribution in [3.05, 3.63) is 28.8 Å². The molecule has 0 fully saturated rings. The highest BCUT2D eigenvalue weighted by Gasteiger charge is 2.46. The SMILES string of the molecule is COc1cc(C(O)C(=O)O)cc(C(F)(F)F)c1C(F)(F)F. The van der Waals surface area contributed by atoms with Gasteiger partial charge < -0.3 is 14.9 Å². The molecule has 0 radical (unpaired) electrons. The van der Waals surface area contributed by atoms with Gasteiger partial charge >= 0.3 is 18.3 Å². The van der Waals surface area contributed by atoms with Crippen molar-refractivity contribution in [2.24, 2.45) is 0 Å². The van der Waals surface area contributed by atoms with Crippen molar-refractivity contribution in [1.82, 2.24) is 0 Å². The minimum Gasteiger partial charge on any atom is -0.496 e. The van der Waals surface area contributed by atoms with Crippen LogP contribution in [-0.4, -0.2) is 23.3 Å². The smallest absolute Gasteiger partial charge is 0.420 e. The first-order valence-corrected chi connectivity index (χ1v) is 5.16. The van der Waals surface area contributed by atoms with Crippen LogP contribution < -0.4 is 4.74 Å². The molecule has 0 heterocycles. The molecule has 1 atom stereocenters. The largest absolute Gasteiger partial charge is 0.496 e. The predicted molar refractivity (Wildman–Crippen MR) is 55.6 cm³/mol. The van der Waals surface area contributed by atoms with Crippen LogP contribution in [0.2, 0.25) is 0 Å². The van der Waals surface area contributed by atoms with Crippen LogP contribution in [0.25, 0.3) is 0 Å². The van der Waals surface area contributed by atoms with E-state index in [0.717, 1.165) is 0 Å². The number of carboxylic acid groups (broad SMARTS) is 1. The summed E-state index contributed by atoms with van der Waals surface area (Å²) in [5.74, 6) is -3.14. The lowest BCUT2D eigenvalue weighted by atomic mass is 9.98. The van der Waals surface area contributed by atoms with Crippen molar-refractivity contribution >= 4 is 5.97 Å². The Balaban J connectivity index is 3.71. The fourth-order valence-electron chi connectivity index (χ4n) is 1.61. The number of rotatable bonds is 3. The number of hydrogen-bond acceptors (Lipinski definition) is 3. The van der Waals surface area contributed by atoms with Gasteiger partial charge in [-0.25, -0.2) is 4.79 Å². The summed E-state index contributed by atoms with van der Waals surface area (Å²) < 4.78 is 80.8. The van der Waals surface area contributed by atoms with Gasteiger partial charge in [0.2, 0.25) is 0 Å². The second-order valence-electron chi connectivity index (χ2n) is 3.88. The molecular formula is C11H8F6O4. The Bertz CT molecular complexity index is 549. The van der Waals surface area contributed by atoms with Crippen molar-refractivity contribution < 1.29 is 46.1 Å². The van der Waals surface area contributed by atoms with Gasteiger partial charge in [0.05, 0.1) is 12.7 Å². The molecule has 21 heavy (non-hydrogen) atoms. The Labute approximate surface area is 113 Å². The summed E-state index contributed by atoms with van der Waals surface area (Å²) in [6, 6.07) is 0.334. The summed E-state index contributed by atoms with van der Waals surface area (Å²) in [4.78, 5) is 10.5. The molecule has 1 aromatic rings. The lowest BCUT2D eigenvalue weighted by Gasteiger charge is -2.20. The van der Waals surface area contributed by atoms with E-state index < -0.39 is 46.9 Å². The molecule has 118 valence electrons. The van der Waals surface area contributed by atoms with E-state index in [1.165, 1.54) is 0 Å². The van der Waals surface area contributed by atoms with Crippen molar-refractivity contribution in [2.45, 2.75) is 18.5 Å². The standard InChI is InChI=1S/C11H8F6O4/c1-21-6-3-4(8(18)9(19)20)2-5(10(12,13)14)7(6)11(15,16)17/h2-3,8,18H,1H3,(H,19,20). The predicted octanol–water partition coefficient (Wildman–Crippen LogP) is 2.85. The minimum absolute atomic E-state index is 0.0653. The van der Waals surface area contributed by atoms with Gasteiger partial charge in [-0.1, -0.05) is 0 Å². The first-order chi connectivity index (χ1) is 9.39. The maximum Gasteiger partial charge on any atom is 0.420 e. The molecule has 1 rings (SSSR count). The zero-order chi connectivity index (χ0) is 16.6. The van der Waals surface area contributed by atoms with Gasteiger partial charge in [0, 0.05) is 0 Å². The van der Waals surface area contributed by atoms with Crippen LogP contribution in [0.5, 0.6) is 5.75 Å². The first-order valence-electron chi connectivity index (χ1n) is 5.16. The first kappa shape index (κ1) is 17.1. The minimum atomic E-state index is -5.41. The summed E-state index contributed by atoms with van der Waals surface area (Å²) in [6.45, 7) is 0. The second kappa shape index (κ2) is 5.43. The summed E-state index contributed by atoms with van der Waals surface area (Å²) in [7, 11) is 0.696. The Morgan fingerprint density at radius 1 is 1.14 bits per heavy atom. The van der Waals surface area contributed by atoms with Gasteiger partial charge in [0.25, 0.3) is 0 Å². The third-order valence-electron chi connectivity index (χ3n) is 2.48. The molecule has 0 aliphatic rings. The van der Waals surface area contributed by atoms with Crippen LogP contribution in [0.3, 0.4) is 0 Å². The molecule has 0 saturated heterocycles. The molecular weight excluding hydrogens is 310 g/mol. The van der Waals surface area contributed by atoms with Crippen LogP contribution in [0.1, 0.15) is 22.8 Å². The van der Waals surface area contributed by atoms with Crippen LogP contribution >= 0.6 is 0 Å². The molecule has 0 amide bonds. The van der Waals surface area contributed by atoms with E-state index in [1.54, 1.807) is 0 Å². The summed E-state index contributed by atoms with van der Waals surface area (Å²) in [6.07, 6.45) is -13.2. The van der Waals surface area contributed by atoms with Crippen molar-refractivity contribution in [2.75, 3.05) is 7.11 Å². The van der Waals surface area contributed by atoms with E-state index >= 15 is 0 Å². The highest BCUT2D eigenvalue weighted by atomic mass is 19.4. The van der Waals surface area contributed by atoms with E-state index in [0.29, 0.717) is 13.2 Å². The van der Waals surface area contributed by atoms with E-state index in [2.05, 4.69) is 4.74 Å². The molecule has 0 spiro atoms. The van der Waals surface area contributed by atoms with E-state index in [-0.39, 0.29) is 6.07 Å². The monoisotopic (exact) mass is 318 g/mol. The molecule has 4 nitrogen and oxygen atoms in total. The Morgan fingerprint density at radius 3 is 2.00 bits per heavy atom. The molecule has 0 bridgehead atoms. The average Bonchev–Trinajstić information content (AvgIpc) is 2.33. The van der Waals surface area contributed by atoms with Gasteiger partial charge in [-0.3, -0.25) is 0 Å². The van der Waals surface area contributed by atoms with Crippen molar-refractivity contribution in [3.8, 4) is 5.75 Å². The number of halogens is 6. The van der Waals surface area contributed by atoms with Gasteiger partial charge in [-0.05, 0) is 17.7 Å². The zero-order valence-corrected chi connectivity index (χ0v) is 10.2. The normalized spacial score (nSPS) is 13.9. The number of aliphatic hydroxyl groups is 1. The summed E-state index contributed by atoms with van der Waals surface area (Å²) in [5, 5.41) is 17.7. The van der Waals surface area contributed by atoms with Crippen molar-refractivity contribution in [1.29, 1.82) is 0 Å². The van der Waals surface area contributed by atoms with E-state index in [1.807, 2.05) is 0 Å². The lowest BCUT2D eigenvalue weighted by molar-refractivity contribution is -0.163. The number of alkyl halides is 6. The number of methoxy groups -OCH3 is 1. The molecule has 2 N–H and O–H groups in total. The van der Waals surface area contributed by atoms with Crippen LogP contribution in [0.4, 0.5) is 26.3 Å². The Hall–Kier alpha value is -1.97. The van der Waals surface area contributed by atoms with Gasteiger partial charge in [0.1, 0.15) is 11.3 Å². The van der Waals surface area contributed by atoms with Crippen molar-refractivity contribution in [3.63, 3.8) is 0 Å². The maximum atomic E-state index is 12.8. The quantitative estimate of drug-likeness (QED) is 0.841.